The highest BCUT2D eigenvalue weighted by Crippen LogP contribution is 2.08. The van der Waals surface area contributed by atoms with Crippen molar-refractivity contribution in [1.82, 2.24) is 5.32 Å². The lowest BCUT2D eigenvalue weighted by Gasteiger charge is -2.19. The molecule has 37 heavy (non-hydrogen) atoms. The molecule has 0 atom stereocenters. The van der Waals surface area contributed by atoms with Crippen LogP contribution in [0.5, 0.6) is 5.75 Å². The topological polar surface area (TPSA) is 123 Å². The van der Waals surface area contributed by atoms with Gasteiger partial charge in [-0.2, -0.15) is 0 Å². The molecule has 212 valence electrons. The van der Waals surface area contributed by atoms with Crippen molar-refractivity contribution in [3.8, 4) is 5.75 Å². The number of aliphatic hydroxyl groups is 1. The molecule has 0 saturated heterocycles. The standard InChI is InChI=1S/C26H43NO10/c1-26(2,3)37-25(29)27-22-23-4-6-24(7-5-23)36-21-20-35-19-18-34-17-16-33-15-14-32-13-12-31-11-10-30-9-8-28/h4,6,28H,8-22H2,1-3H3,(H,27,29). The number of alkyl carbamates (subject to hydrolysis) is 1. The van der Waals surface area contributed by atoms with Crippen LogP contribution in [-0.4, -0.2) is 109 Å². The largest absolute Gasteiger partial charge is 0.483 e. The van der Waals surface area contributed by atoms with Gasteiger partial charge < -0.3 is 48.3 Å². The summed E-state index contributed by atoms with van der Waals surface area (Å²) in [5, 5.41) is 11.2. The van der Waals surface area contributed by atoms with Crippen molar-refractivity contribution < 1.29 is 47.8 Å². The van der Waals surface area contributed by atoms with E-state index in [0.29, 0.717) is 98.2 Å². The van der Waals surface area contributed by atoms with Crippen LogP contribution in [0.15, 0.2) is 12.1 Å². The van der Waals surface area contributed by atoms with E-state index >= 15 is 0 Å². The fraction of sp³-hybridized carbons (Fsp3) is 0.731. The summed E-state index contributed by atoms with van der Waals surface area (Å²) < 4.78 is 42.9. The second-order valence-corrected chi connectivity index (χ2v) is 8.57. The van der Waals surface area contributed by atoms with Crippen LogP contribution in [0.4, 0.5) is 4.79 Å². The van der Waals surface area contributed by atoms with Gasteiger partial charge >= 0.3 is 6.09 Å². The average molecular weight is 530 g/mol. The van der Waals surface area contributed by atoms with Crippen LogP contribution in [-0.2, 0) is 39.7 Å². The third-order valence-corrected chi connectivity index (χ3v) is 4.19. The van der Waals surface area contributed by atoms with E-state index in [4.69, 9.17) is 43.0 Å². The zero-order chi connectivity index (χ0) is 27.0. The van der Waals surface area contributed by atoms with Gasteiger partial charge in [0.15, 0.2) is 5.75 Å². The van der Waals surface area contributed by atoms with Gasteiger partial charge in [0, 0.05) is 5.56 Å². The Morgan fingerprint density at radius 3 is 1.59 bits per heavy atom. The first-order chi connectivity index (χ1) is 17.9. The van der Waals surface area contributed by atoms with Gasteiger partial charge in [0.1, 0.15) is 12.2 Å². The number of rotatable bonds is 23. The van der Waals surface area contributed by atoms with Crippen LogP contribution in [0.3, 0.4) is 0 Å². The summed E-state index contributed by atoms with van der Waals surface area (Å²) in [6, 6.07) is 9.43. The van der Waals surface area contributed by atoms with Crippen molar-refractivity contribution in [3.05, 3.63) is 29.8 Å². The number of carbonyl (C=O) groups excluding carboxylic acids is 1. The maximum atomic E-state index is 11.7. The fourth-order valence-electron chi connectivity index (χ4n) is 2.55. The van der Waals surface area contributed by atoms with Crippen molar-refractivity contribution >= 4 is 6.09 Å². The molecule has 0 aliphatic heterocycles. The van der Waals surface area contributed by atoms with E-state index in [1.165, 1.54) is 0 Å². The highest BCUT2D eigenvalue weighted by molar-refractivity contribution is 5.67. The van der Waals surface area contributed by atoms with Crippen molar-refractivity contribution in [3.63, 3.8) is 0 Å². The van der Waals surface area contributed by atoms with Gasteiger partial charge in [-0.1, -0.05) is 6.07 Å². The van der Waals surface area contributed by atoms with Crippen molar-refractivity contribution in [2.75, 3.05) is 92.5 Å². The third-order valence-electron chi connectivity index (χ3n) is 4.19. The minimum atomic E-state index is -0.536. The lowest BCUT2D eigenvalue weighted by atomic mass is 10.2. The number of ether oxygens (including phenoxy) is 8. The Balaban J connectivity index is 1.85. The monoisotopic (exact) mass is 529 g/mol. The van der Waals surface area contributed by atoms with Crippen LogP contribution < -0.4 is 10.1 Å². The number of aliphatic hydroxyl groups excluding tert-OH is 1. The molecule has 0 aromatic heterocycles. The molecule has 11 nitrogen and oxygen atoms in total. The minimum absolute atomic E-state index is 0.0212. The number of carbonyl (C=O) groups is 1. The summed E-state index contributed by atoms with van der Waals surface area (Å²) in [4.78, 5) is 11.7. The summed E-state index contributed by atoms with van der Waals surface area (Å²) in [6.45, 7) is 11.7. The molecule has 1 aromatic rings. The van der Waals surface area contributed by atoms with E-state index in [9.17, 15) is 4.79 Å². The Labute approximate surface area is 220 Å². The smallest absolute Gasteiger partial charge is 0.407 e. The normalized spacial score (nSPS) is 11.2. The zero-order valence-electron chi connectivity index (χ0n) is 22.4. The van der Waals surface area contributed by atoms with Gasteiger partial charge in [0.05, 0.1) is 92.4 Å². The summed E-state index contributed by atoms with van der Waals surface area (Å²) >= 11 is 0. The van der Waals surface area contributed by atoms with E-state index < -0.39 is 11.7 Å². The molecule has 0 saturated carbocycles. The highest BCUT2D eigenvalue weighted by atomic mass is 16.6. The first kappa shape index (κ1) is 32.9. The Morgan fingerprint density at radius 2 is 1.19 bits per heavy atom. The average Bonchev–Trinajstić information content (AvgIpc) is 2.86. The van der Waals surface area contributed by atoms with Gasteiger partial charge in [-0.15, -0.1) is 0 Å². The Hall–Kier alpha value is -2.17. The molecular formula is C26H43NO10. The molecule has 1 amide bonds. The van der Waals surface area contributed by atoms with Crippen LogP contribution in [0.2, 0.25) is 0 Å². The molecule has 0 unspecified atom stereocenters. The second kappa shape index (κ2) is 21.9. The molecule has 0 spiro atoms. The van der Waals surface area contributed by atoms with E-state index in [0.717, 1.165) is 5.56 Å². The Bertz CT molecular complexity index is 666. The fourth-order valence-corrected chi connectivity index (χ4v) is 2.55. The summed E-state index contributed by atoms with van der Waals surface area (Å²) in [7, 11) is 0. The van der Waals surface area contributed by atoms with Gasteiger partial charge in [0.25, 0.3) is 0 Å². The molecule has 0 fully saturated rings. The van der Waals surface area contributed by atoms with Crippen LogP contribution in [0.25, 0.3) is 0 Å². The minimum Gasteiger partial charge on any atom is -0.483 e. The maximum Gasteiger partial charge on any atom is 0.407 e. The first-order valence-corrected chi connectivity index (χ1v) is 12.5. The summed E-state index contributed by atoms with van der Waals surface area (Å²) in [5.74, 6) is 0.554. The van der Waals surface area contributed by atoms with Gasteiger partial charge in [-0.05, 0) is 39.0 Å². The molecule has 0 bridgehead atoms. The van der Waals surface area contributed by atoms with Crippen molar-refractivity contribution in [2.24, 2.45) is 0 Å². The van der Waals surface area contributed by atoms with Crippen molar-refractivity contribution in [1.29, 1.82) is 0 Å². The lowest BCUT2D eigenvalue weighted by molar-refractivity contribution is -0.0191. The molecule has 0 heterocycles. The SMILES string of the molecule is CC(C)(C)OC(=O)NCc1c#cc(OCCOCCOCCOCCOCCOCCOCCO)cc1. The quantitative estimate of drug-likeness (QED) is 0.203. The van der Waals surface area contributed by atoms with Crippen molar-refractivity contribution in [2.45, 2.75) is 32.9 Å². The number of hydrogen-bond acceptors (Lipinski definition) is 10. The first-order valence-electron chi connectivity index (χ1n) is 12.5. The van der Waals surface area contributed by atoms with Crippen LogP contribution in [0.1, 0.15) is 26.3 Å². The number of nitrogens with one attached hydrogen (secondary N) is 1. The van der Waals surface area contributed by atoms with Gasteiger partial charge in [-0.25, -0.2) is 4.79 Å². The predicted octanol–water partition coefficient (Wildman–Crippen LogP) is 1.78. The third kappa shape index (κ3) is 21.6. The molecule has 0 radical (unpaired) electrons. The lowest BCUT2D eigenvalue weighted by Crippen LogP contribution is -2.32. The summed E-state index contributed by atoms with van der Waals surface area (Å²) in [6.07, 6.45) is -0.476. The Morgan fingerprint density at radius 1 is 0.730 bits per heavy atom. The Kier molecular flexibility index (Phi) is 19.4. The molecule has 2 N–H and O–H groups in total. The zero-order valence-corrected chi connectivity index (χ0v) is 22.4. The molecule has 0 aliphatic rings. The van der Waals surface area contributed by atoms with E-state index in [1.807, 2.05) is 20.8 Å². The van der Waals surface area contributed by atoms with Crippen LogP contribution in [0, 0.1) is 12.1 Å². The molecule has 1 aromatic carbocycles. The maximum absolute atomic E-state index is 11.7. The van der Waals surface area contributed by atoms with Crippen LogP contribution >= 0.6 is 0 Å². The molecular weight excluding hydrogens is 486 g/mol. The molecule has 1 rings (SSSR count). The summed E-state index contributed by atoms with van der Waals surface area (Å²) in [5.41, 5.74) is 0.234. The molecule has 0 aliphatic carbocycles. The van der Waals surface area contributed by atoms with Gasteiger partial charge in [0.2, 0.25) is 0 Å². The van der Waals surface area contributed by atoms with Gasteiger partial charge in [-0.3, -0.25) is 0 Å². The van der Waals surface area contributed by atoms with E-state index in [2.05, 4.69) is 17.4 Å². The molecule has 11 heteroatoms. The second-order valence-electron chi connectivity index (χ2n) is 8.57. The predicted molar refractivity (Wildman–Crippen MR) is 135 cm³/mol. The number of amides is 1. The van der Waals surface area contributed by atoms with E-state index in [-0.39, 0.29) is 6.61 Å². The van der Waals surface area contributed by atoms with E-state index in [1.54, 1.807) is 12.1 Å². The number of hydrogen-bond donors (Lipinski definition) is 2. The highest BCUT2D eigenvalue weighted by Gasteiger charge is 2.15.